The summed E-state index contributed by atoms with van der Waals surface area (Å²) >= 11 is 0. The molecule has 21 heavy (non-hydrogen) atoms. The van der Waals surface area contributed by atoms with Crippen LogP contribution in [0.3, 0.4) is 0 Å². The Morgan fingerprint density at radius 3 is 2.48 bits per heavy atom. The summed E-state index contributed by atoms with van der Waals surface area (Å²) in [5.74, 6) is -0.855. The van der Waals surface area contributed by atoms with Gasteiger partial charge in [0.05, 0.1) is 5.57 Å². The predicted octanol–water partition coefficient (Wildman–Crippen LogP) is 1.55. The van der Waals surface area contributed by atoms with Gasteiger partial charge >= 0.3 is 6.18 Å². The molecule has 1 aromatic rings. The first-order valence-electron chi connectivity index (χ1n) is 6.09. The lowest BCUT2D eigenvalue weighted by Crippen LogP contribution is -2.49. The van der Waals surface area contributed by atoms with Gasteiger partial charge in [0, 0.05) is 18.9 Å². The number of hydrogen-bond acceptors (Lipinski definition) is 4. The molecule has 0 spiro atoms. The third-order valence-corrected chi connectivity index (χ3v) is 3.07. The molecule has 114 valence electrons. The highest BCUT2D eigenvalue weighted by molar-refractivity contribution is 6.04. The Morgan fingerprint density at radius 1 is 1.33 bits per heavy atom. The number of halogens is 3. The molecular weight excluding hydrogens is 287 g/mol. The van der Waals surface area contributed by atoms with Gasteiger partial charge in [-0.25, -0.2) is 0 Å². The highest BCUT2D eigenvalue weighted by Crippen LogP contribution is 2.35. The Hall–Kier alpha value is -2.06. The number of carbonyl (C=O) groups excluding carboxylic acids is 1. The zero-order valence-electron chi connectivity index (χ0n) is 11.1. The molecule has 0 bridgehead atoms. The van der Waals surface area contributed by atoms with Crippen LogP contribution in [-0.4, -0.2) is 47.0 Å². The van der Waals surface area contributed by atoms with Crippen LogP contribution in [0.15, 0.2) is 42.1 Å². The highest BCUT2D eigenvalue weighted by atomic mass is 19.4. The largest absolute Gasteiger partial charge is 0.410 e. The topological polar surface area (TPSA) is 55.8 Å². The minimum Gasteiger partial charge on any atom is -0.379 e. The lowest BCUT2D eigenvalue weighted by molar-refractivity contribution is -0.205. The van der Waals surface area contributed by atoms with E-state index in [0.29, 0.717) is 10.7 Å². The second-order valence-corrected chi connectivity index (χ2v) is 4.50. The van der Waals surface area contributed by atoms with E-state index in [1.807, 2.05) is 0 Å². The van der Waals surface area contributed by atoms with Crippen LogP contribution < -0.4 is 5.32 Å². The third kappa shape index (κ3) is 3.17. The van der Waals surface area contributed by atoms with Crippen LogP contribution in [0.25, 0.3) is 0 Å². The van der Waals surface area contributed by atoms with Gasteiger partial charge in [-0.15, -0.1) is 0 Å². The van der Waals surface area contributed by atoms with Crippen molar-refractivity contribution in [3.05, 3.63) is 42.1 Å². The van der Waals surface area contributed by atoms with Crippen LogP contribution in [0, 0.1) is 0 Å². The van der Waals surface area contributed by atoms with Crippen LogP contribution in [0.2, 0.25) is 0 Å². The predicted molar refractivity (Wildman–Crippen MR) is 69.7 cm³/mol. The number of rotatable bonds is 3. The van der Waals surface area contributed by atoms with Gasteiger partial charge in [-0.3, -0.25) is 4.79 Å². The van der Waals surface area contributed by atoms with E-state index in [9.17, 15) is 18.0 Å². The number of para-hydroxylation sites is 1. The smallest absolute Gasteiger partial charge is 0.379 e. The van der Waals surface area contributed by atoms with Crippen LogP contribution in [0.1, 0.15) is 0 Å². The van der Waals surface area contributed by atoms with E-state index in [1.54, 1.807) is 30.3 Å². The minimum absolute atomic E-state index is 0.398. The zero-order chi connectivity index (χ0) is 15.6. The van der Waals surface area contributed by atoms with Gasteiger partial charge in [-0.1, -0.05) is 18.2 Å². The number of hydrogen-bond donors (Lipinski definition) is 2. The molecule has 0 saturated heterocycles. The maximum atomic E-state index is 13.1. The number of benzene rings is 1. The van der Waals surface area contributed by atoms with Gasteiger partial charge in [-0.05, 0) is 12.1 Å². The number of alkyl halides is 3. The molecule has 1 unspecified atom stereocenters. The van der Waals surface area contributed by atoms with Gasteiger partial charge in [0.15, 0.2) is 6.04 Å². The van der Waals surface area contributed by atoms with Crippen molar-refractivity contribution >= 4 is 11.6 Å². The SMILES string of the molecule is CN1C=C(C(=O)Nc2ccccc2)C(C(F)(F)F)N1CO. The van der Waals surface area contributed by atoms with E-state index < -0.39 is 30.4 Å². The summed E-state index contributed by atoms with van der Waals surface area (Å²) in [6.45, 7) is -0.848. The molecule has 0 saturated carbocycles. The summed E-state index contributed by atoms with van der Waals surface area (Å²) in [7, 11) is 1.33. The van der Waals surface area contributed by atoms with Crippen molar-refractivity contribution in [3.8, 4) is 0 Å². The number of nitrogens with one attached hydrogen (secondary N) is 1. The van der Waals surface area contributed by atoms with Crippen LogP contribution >= 0.6 is 0 Å². The first-order valence-corrected chi connectivity index (χ1v) is 6.09. The van der Waals surface area contributed by atoms with E-state index >= 15 is 0 Å². The lowest BCUT2D eigenvalue weighted by atomic mass is 10.1. The molecule has 1 aromatic carbocycles. The van der Waals surface area contributed by atoms with Crippen molar-refractivity contribution in [2.24, 2.45) is 0 Å². The van der Waals surface area contributed by atoms with Crippen molar-refractivity contribution in [1.29, 1.82) is 0 Å². The molecule has 1 heterocycles. The van der Waals surface area contributed by atoms with E-state index in [-0.39, 0.29) is 0 Å². The highest BCUT2D eigenvalue weighted by Gasteiger charge is 2.52. The summed E-state index contributed by atoms with van der Waals surface area (Å²) < 4.78 is 39.4. The fourth-order valence-electron chi connectivity index (χ4n) is 2.12. The molecule has 1 aliphatic heterocycles. The van der Waals surface area contributed by atoms with Crippen molar-refractivity contribution in [2.75, 3.05) is 19.1 Å². The molecule has 2 N–H and O–H groups in total. The molecule has 1 amide bonds. The Labute approximate surface area is 119 Å². The normalized spacial score (nSPS) is 19.6. The van der Waals surface area contributed by atoms with E-state index in [0.717, 1.165) is 11.2 Å². The van der Waals surface area contributed by atoms with Gasteiger partial charge in [0.25, 0.3) is 5.91 Å². The fraction of sp³-hybridized carbons (Fsp3) is 0.308. The van der Waals surface area contributed by atoms with Crippen molar-refractivity contribution in [2.45, 2.75) is 12.2 Å². The molecule has 2 rings (SSSR count). The second-order valence-electron chi connectivity index (χ2n) is 4.50. The van der Waals surface area contributed by atoms with Crippen LogP contribution in [0.4, 0.5) is 18.9 Å². The first kappa shape index (κ1) is 15.3. The molecule has 1 aliphatic rings. The Kier molecular flexibility index (Phi) is 4.19. The number of nitrogens with zero attached hydrogens (tertiary/aromatic N) is 2. The van der Waals surface area contributed by atoms with Gasteiger partial charge in [-0.2, -0.15) is 18.2 Å². The summed E-state index contributed by atoms with van der Waals surface area (Å²) in [6.07, 6.45) is -3.61. The van der Waals surface area contributed by atoms with Crippen molar-refractivity contribution < 1.29 is 23.1 Å². The first-order chi connectivity index (χ1) is 9.84. The molecule has 0 radical (unpaired) electrons. The monoisotopic (exact) mass is 301 g/mol. The van der Waals surface area contributed by atoms with Gasteiger partial charge in [0.2, 0.25) is 0 Å². The number of hydrazine groups is 1. The Morgan fingerprint density at radius 2 is 1.95 bits per heavy atom. The minimum atomic E-state index is -4.67. The Balaban J connectivity index is 2.24. The summed E-state index contributed by atoms with van der Waals surface area (Å²) in [5, 5.41) is 13.2. The van der Waals surface area contributed by atoms with E-state index in [2.05, 4.69) is 5.32 Å². The van der Waals surface area contributed by atoms with E-state index in [4.69, 9.17) is 5.11 Å². The van der Waals surface area contributed by atoms with Crippen molar-refractivity contribution in [3.63, 3.8) is 0 Å². The molecule has 5 nitrogen and oxygen atoms in total. The van der Waals surface area contributed by atoms with Gasteiger partial charge in [0.1, 0.15) is 6.73 Å². The fourth-order valence-corrected chi connectivity index (χ4v) is 2.12. The van der Waals surface area contributed by atoms with E-state index in [1.165, 1.54) is 7.05 Å². The maximum absolute atomic E-state index is 13.1. The number of aliphatic hydroxyl groups excluding tert-OH is 1. The summed E-state index contributed by atoms with van der Waals surface area (Å²) in [6, 6.07) is 6.02. The number of anilines is 1. The second kappa shape index (κ2) is 5.74. The number of amides is 1. The van der Waals surface area contributed by atoms with Crippen molar-refractivity contribution in [1.82, 2.24) is 10.0 Å². The summed E-state index contributed by atoms with van der Waals surface area (Å²) in [4.78, 5) is 12.1. The summed E-state index contributed by atoms with van der Waals surface area (Å²) in [5.41, 5.74) is -0.0719. The average molecular weight is 301 g/mol. The standard InChI is InChI=1S/C13H14F3N3O2/c1-18-7-10(11(13(14,15)16)19(18)8-20)12(21)17-9-5-3-2-4-6-9/h2-7,11,20H,8H2,1H3,(H,17,21). The maximum Gasteiger partial charge on any atom is 0.410 e. The molecule has 0 fully saturated rings. The van der Waals surface area contributed by atoms with Crippen LogP contribution in [-0.2, 0) is 4.79 Å². The quantitative estimate of drug-likeness (QED) is 0.889. The molecule has 1 atom stereocenters. The lowest BCUT2D eigenvalue weighted by Gasteiger charge is -2.30. The molecular formula is C13H14F3N3O2. The Bertz CT molecular complexity index is 545. The number of aliphatic hydroxyl groups is 1. The van der Waals surface area contributed by atoms with Crippen LogP contribution in [0.5, 0.6) is 0 Å². The molecule has 0 aliphatic carbocycles. The zero-order valence-corrected chi connectivity index (χ0v) is 11.1. The van der Waals surface area contributed by atoms with Gasteiger partial charge < -0.3 is 15.4 Å². The molecule has 0 aromatic heterocycles. The third-order valence-electron chi connectivity index (χ3n) is 3.07. The molecule has 8 heteroatoms. The number of carbonyl (C=O) groups is 1. The average Bonchev–Trinajstić information content (AvgIpc) is 2.76.